The predicted octanol–water partition coefficient (Wildman–Crippen LogP) is 1.56. The van der Waals surface area contributed by atoms with E-state index in [2.05, 4.69) is 10.3 Å². The first-order valence-corrected chi connectivity index (χ1v) is 9.31. The van der Waals surface area contributed by atoms with Gasteiger partial charge in [0.25, 0.3) is 0 Å². The molecule has 23 heavy (non-hydrogen) atoms. The monoisotopic (exact) mass is 353 g/mol. The summed E-state index contributed by atoms with van der Waals surface area (Å²) in [6.45, 7) is 2.04. The van der Waals surface area contributed by atoms with Crippen molar-refractivity contribution in [3.8, 4) is 0 Å². The largest absolute Gasteiger partial charge is 0.352 e. The number of sulfonamides is 1. The molecule has 0 spiro atoms. The van der Waals surface area contributed by atoms with Gasteiger partial charge in [0.05, 0.1) is 22.0 Å². The number of aryl methyl sites for hydroxylation is 1. The van der Waals surface area contributed by atoms with Crippen molar-refractivity contribution in [1.82, 2.24) is 14.6 Å². The lowest BCUT2D eigenvalue weighted by atomic mass is 10.2. The molecular formula is C15H19N3O3S2. The summed E-state index contributed by atoms with van der Waals surface area (Å²) >= 11 is 1.49. The number of amides is 1. The minimum Gasteiger partial charge on any atom is -0.352 e. The maximum Gasteiger partial charge on any atom is 0.242 e. The van der Waals surface area contributed by atoms with Crippen molar-refractivity contribution in [2.45, 2.75) is 24.8 Å². The van der Waals surface area contributed by atoms with Gasteiger partial charge in [-0.3, -0.25) is 4.79 Å². The number of benzene rings is 1. The predicted molar refractivity (Wildman–Crippen MR) is 89.7 cm³/mol. The standard InChI is InChI=1S/C15H19N3O3S2/c1-11-17-13(10-22-11)8-15(19)16-9-12-6-4-5-7-14(12)23(20,21)18(2)3/h4-7,10H,8-9H2,1-3H3,(H,16,19). The average Bonchev–Trinajstić information content (AvgIpc) is 2.90. The van der Waals surface area contributed by atoms with E-state index < -0.39 is 10.0 Å². The molecule has 2 rings (SSSR count). The Bertz CT molecular complexity index is 798. The van der Waals surface area contributed by atoms with Crippen molar-refractivity contribution in [3.63, 3.8) is 0 Å². The highest BCUT2D eigenvalue weighted by molar-refractivity contribution is 7.89. The molecule has 0 aliphatic carbocycles. The zero-order valence-corrected chi connectivity index (χ0v) is 14.9. The lowest BCUT2D eigenvalue weighted by molar-refractivity contribution is -0.120. The summed E-state index contributed by atoms with van der Waals surface area (Å²) in [5.74, 6) is -0.188. The molecule has 0 radical (unpaired) electrons. The molecule has 0 bridgehead atoms. The molecule has 2 aromatic rings. The number of carbonyl (C=O) groups is 1. The minimum absolute atomic E-state index is 0.158. The molecule has 0 fully saturated rings. The van der Waals surface area contributed by atoms with Crippen LogP contribution in [0.3, 0.4) is 0 Å². The summed E-state index contributed by atoms with van der Waals surface area (Å²) in [4.78, 5) is 16.4. The van der Waals surface area contributed by atoms with Crippen LogP contribution in [0.5, 0.6) is 0 Å². The van der Waals surface area contributed by atoms with E-state index in [1.54, 1.807) is 24.3 Å². The molecule has 1 heterocycles. The van der Waals surface area contributed by atoms with Gasteiger partial charge in [-0.2, -0.15) is 0 Å². The number of nitrogens with zero attached hydrogens (tertiary/aromatic N) is 2. The zero-order valence-electron chi connectivity index (χ0n) is 13.2. The number of nitrogens with one attached hydrogen (secondary N) is 1. The summed E-state index contributed by atoms with van der Waals surface area (Å²) in [5.41, 5.74) is 1.28. The highest BCUT2D eigenvalue weighted by Crippen LogP contribution is 2.18. The van der Waals surface area contributed by atoms with Crippen LogP contribution in [0.2, 0.25) is 0 Å². The number of aromatic nitrogens is 1. The first-order chi connectivity index (χ1) is 10.8. The quantitative estimate of drug-likeness (QED) is 0.855. The minimum atomic E-state index is -3.54. The first kappa shape index (κ1) is 17.6. The average molecular weight is 353 g/mol. The van der Waals surface area contributed by atoms with Crippen LogP contribution in [0.1, 0.15) is 16.3 Å². The molecule has 1 aromatic heterocycles. The van der Waals surface area contributed by atoms with Gasteiger partial charge >= 0.3 is 0 Å². The zero-order chi connectivity index (χ0) is 17.0. The lowest BCUT2D eigenvalue weighted by Crippen LogP contribution is -2.28. The molecule has 0 aliphatic rings. The van der Waals surface area contributed by atoms with Crippen LogP contribution in [-0.2, 0) is 27.8 Å². The van der Waals surface area contributed by atoms with E-state index in [0.717, 1.165) is 15.0 Å². The van der Waals surface area contributed by atoms with Crippen LogP contribution >= 0.6 is 11.3 Å². The Labute approximate surface area is 140 Å². The maximum absolute atomic E-state index is 12.3. The Kier molecular flexibility index (Phi) is 5.51. The summed E-state index contributed by atoms with van der Waals surface area (Å²) in [5, 5.41) is 5.51. The van der Waals surface area contributed by atoms with Crippen molar-refractivity contribution < 1.29 is 13.2 Å². The van der Waals surface area contributed by atoms with Gasteiger partial charge < -0.3 is 5.32 Å². The third kappa shape index (κ3) is 4.37. The third-order valence-corrected chi connectivity index (χ3v) is 5.95. The molecule has 6 nitrogen and oxygen atoms in total. The summed E-state index contributed by atoms with van der Waals surface area (Å²) in [6, 6.07) is 6.66. The topological polar surface area (TPSA) is 79.4 Å². The maximum atomic E-state index is 12.3. The fourth-order valence-corrected chi connectivity index (χ4v) is 3.74. The number of rotatable bonds is 6. The summed E-state index contributed by atoms with van der Waals surface area (Å²) in [6.07, 6.45) is 0.187. The molecule has 0 atom stereocenters. The van der Waals surface area contributed by atoms with E-state index >= 15 is 0 Å². The number of hydrogen-bond acceptors (Lipinski definition) is 5. The lowest BCUT2D eigenvalue weighted by Gasteiger charge is -2.15. The van der Waals surface area contributed by atoms with Crippen molar-refractivity contribution in [2.75, 3.05) is 14.1 Å². The third-order valence-electron chi connectivity index (χ3n) is 3.22. The molecular weight excluding hydrogens is 334 g/mol. The van der Waals surface area contributed by atoms with E-state index in [1.807, 2.05) is 12.3 Å². The van der Waals surface area contributed by atoms with Crippen LogP contribution in [0.15, 0.2) is 34.5 Å². The van der Waals surface area contributed by atoms with Gasteiger partial charge in [0.2, 0.25) is 15.9 Å². The molecule has 0 saturated heterocycles. The van der Waals surface area contributed by atoms with Gasteiger partial charge in [0.15, 0.2) is 0 Å². The van der Waals surface area contributed by atoms with Crippen LogP contribution in [-0.4, -0.2) is 37.7 Å². The Morgan fingerprint density at radius 1 is 1.30 bits per heavy atom. The van der Waals surface area contributed by atoms with E-state index in [9.17, 15) is 13.2 Å². The molecule has 1 N–H and O–H groups in total. The smallest absolute Gasteiger partial charge is 0.242 e. The molecule has 8 heteroatoms. The van der Waals surface area contributed by atoms with Crippen molar-refractivity contribution in [1.29, 1.82) is 0 Å². The van der Waals surface area contributed by atoms with Crippen LogP contribution in [0, 0.1) is 6.92 Å². The van der Waals surface area contributed by atoms with Crippen LogP contribution < -0.4 is 5.32 Å². The fourth-order valence-electron chi connectivity index (χ4n) is 2.01. The van der Waals surface area contributed by atoms with Gasteiger partial charge in [0.1, 0.15) is 0 Å². The van der Waals surface area contributed by atoms with E-state index in [0.29, 0.717) is 5.56 Å². The first-order valence-electron chi connectivity index (χ1n) is 6.99. The van der Waals surface area contributed by atoms with Crippen LogP contribution in [0.25, 0.3) is 0 Å². The molecule has 0 unspecified atom stereocenters. The van der Waals surface area contributed by atoms with Crippen molar-refractivity contribution in [3.05, 3.63) is 45.9 Å². The van der Waals surface area contributed by atoms with Gasteiger partial charge in [0, 0.05) is 26.0 Å². The van der Waals surface area contributed by atoms with E-state index in [4.69, 9.17) is 0 Å². The summed E-state index contributed by atoms with van der Waals surface area (Å²) in [7, 11) is -0.577. The Morgan fingerprint density at radius 2 is 2.00 bits per heavy atom. The Balaban J connectivity index is 2.08. The number of carbonyl (C=O) groups excluding carboxylic acids is 1. The Hall–Kier alpha value is -1.77. The highest BCUT2D eigenvalue weighted by Gasteiger charge is 2.20. The second kappa shape index (κ2) is 7.20. The molecule has 1 aromatic carbocycles. The van der Waals surface area contributed by atoms with Gasteiger partial charge in [-0.15, -0.1) is 11.3 Å². The number of thiazole rings is 1. The molecule has 0 saturated carbocycles. The van der Waals surface area contributed by atoms with E-state index in [-0.39, 0.29) is 23.8 Å². The van der Waals surface area contributed by atoms with Crippen molar-refractivity contribution in [2.24, 2.45) is 0 Å². The second-order valence-electron chi connectivity index (χ2n) is 5.21. The molecule has 0 aliphatic heterocycles. The fraction of sp³-hybridized carbons (Fsp3) is 0.333. The van der Waals surface area contributed by atoms with Gasteiger partial charge in [-0.05, 0) is 18.6 Å². The number of hydrogen-bond donors (Lipinski definition) is 1. The Morgan fingerprint density at radius 3 is 2.61 bits per heavy atom. The van der Waals surface area contributed by atoms with Gasteiger partial charge in [-0.25, -0.2) is 17.7 Å². The normalized spacial score (nSPS) is 11.7. The van der Waals surface area contributed by atoms with E-state index in [1.165, 1.54) is 25.4 Å². The summed E-state index contributed by atoms with van der Waals surface area (Å²) < 4.78 is 25.8. The second-order valence-corrected chi connectivity index (χ2v) is 8.39. The van der Waals surface area contributed by atoms with Crippen LogP contribution in [0.4, 0.5) is 0 Å². The van der Waals surface area contributed by atoms with Crippen molar-refractivity contribution >= 4 is 27.3 Å². The molecule has 1 amide bonds. The highest BCUT2D eigenvalue weighted by atomic mass is 32.2. The molecule has 124 valence electrons. The SMILES string of the molecule is Cc1nc(CC(=O)NCc2ccccc2S(=O)(=O)N(C)C)cs1. The van der Waals surface area contributed by atoms with Gasteiger partial charge in [-0.1, -0.05) is 18.2 Å².